The molecule has 2 N–H and O–H groups in total. The molecule has 1 fully saturated rings. The predicted molar refractivity (Wildman–Crippen MR) is 159 cm³/mol. The molecule has 0 bridgehead atoms. The number of thioether (sulfide) groups is 1. The first-order valence-electron chi connectivity index (χ1n) is 13.4. The highest BCUT2D eigenvalue weighted by molar-refractivity contribution is 8.00. The van der Waals surface area contributed by atoms with Crippen LogP contribution in [0, 0.1) is 0 Å². The van der Waals surface area contributed by atoms with Crippen LogP contribution in [0.1, 0.15) is 0 Å². The van der Waals surface area contributed by atoms with Crippen LogP contribution in [0.25, 0.3) is 22.3 Å². The van der Waals surface area contributed by atoms with Gasteiger partial charge in [-0.2, -0.15) is 0 Å². The number of fused-ring (bicyclic) bond motifs is 2. The van der Waals surface area contributed by atoms with E-state index in [9.17, 15) is 19.2 Å². The van der Waals surface area contributed by atoms with Gasteiger partial charge in [0.15, 0.2) is 6.61 Å². The Hall–Kier alpha value is -5.10. The van der Waals surface area contributed by atoms with Gasteiger partial charge in [0.25, 0.3) is 17.4 Å². The Balaban J connectivity index is 1.19. The van der Waals surface area contributed by atoms with Crippen molar-refractivity contribution in [2.45, 2.75) is 11.4 Å². The normalized spacial score (nSPS) is 17.6. The molecule has 2 aliphatic rings. The Bertz CT molecular complexity index is 1810. The summed E-state index contributed by atoms with van der Waals surface area (Å²) in [4.78, 5) is 60.0. The minimum atomic E-state index is -0.810. The Kier molecular flexibility index (Phi) is 7.84. The third-order valence-electron chi connectivity index (χ3n) is 7.01. The van der Waals surface area contributed by atoms with Crippen LogP contribution in [-0.4, -0.2) is 70.1 Å². The predicted octanol–water partition coefficient (Wildman–Crippen LogP) is 2.87. The van der Waals surface area contributed by atoms with Gasteiger partial charge in [-0.3, -0.25) is 19.3 Å². The van der Waals surface area contributed by atoms with Crippen molar-refractivity contribution in [1.29, 1.82) is 0 Å². The Morgan fingerprint density at radius 2 is 1.74 bits per heavy atom. The second-order valence-electron chi connectivity index (χ2n) is 9.72. The number of nitrogens with zero attached hydrogens (tertiary/aromatic N) is 2. The van der Waals surface area contributed by atoms with Gasteiger partial charge in [-0.1, -0.05) is 42.5 Å². The van der Waals surface area contributed by atoms with Crippen molar-refractivity contribution < 1.29 is 28.6 Å². The number of H-pyrrole nitrogens is 1. The number of carbonyl (C=O) groups excluding carboxylic acids is 3. The molecule has 6 rings (SSSR count). The molecule has 218 valence electrons. The molecular weight excluding hydrogens is 572 g/mol. The average molecular weight is 599 g/mol. The van der Waals surface area contributed by atoms with Crippen LogP contribution >= 0.6 is 11.8 Å². The number of carbonyl (C=O) groups is 3. The van der Waals surface area contributed by atoms with Crippen molar-refractivity contribution >= 4 is 40.4 Å². The van der Waals surface area contributed by atoms with Gasteiger partial charge < -0.3 is 24.5 Å². The number of rotatable bonds is 9. The summed E-state index contributed by atoms with van der Waals surface area (Å²) in [6.07, 6.45) is 0. The lowest BCUT2D eigenvalue weighted by molar-refractivity contribution is -0.152. The smallest absolute Gasteiger partial charge is 0.354 e. The van der Waals surface area contributed by atoms with Crippen LogP contribution in [0.4, 0.5) is 0 Å². The summed E-state index contributed by atoms with van der Waals surface area (Å²) in [7, 11) is 1.24. The van der Waals surface area contributed by atoms with E-state index in [-0.39, 0.29) is 24.5 Å². The molecule has 1 saturated heterocycles. The van der Waals surface area contributed by atoms with E-state index in [4.69, 9.17) is 14.2 Å². The minimum Gasteiger partial charge on any atom is -0.488 e. The quantitative estimate of drug-likeness (QED) is 0.220. The largest absolute Gasteiger partial charge is 0.488 e. The molecule has 4 aromatic rings. The monoisotopic (exact) mass is 598 g/mol. The zero-order valence-electron chi connectivity index (χ0n) is 22.9. The number of aromatic amines is 1. The highest BCUT2D eigenvalue weighted by atomic mass is 32.2. The van der Waals surface area contributed by atoms with Crippen molar-refractivity contribution in [2.24, 2.45) is 0 Å². The van der Waals surface area contributed by atoms with Gasteiger partial charge in [-0.05, 0) is 36.4 Å². The Morgan fingerprint density at radius 3 is 2.56 bits per heavy atom. The lowest BCUT2D eigenvalue weighted by Gasteiger charge is -2.49. The number of nitrogens with one attached hydrogen (secondary N) is 2. The van der Waals surface area contributed by atoms with Crippen molar-refractivity contribution in [2.75, 3.05) is 26.1 Å². The number of aromatic nitrogens is 2. The second-order valence-corrected chi connectivity index (χ2v) is 10.8. The van der Waals surface area contributed by atoms with Gasteiger partial charge >= 0.3 is 5.97 Å². The maximum atomic E-state index is 13.2. The van der Waals surface area contributed by atoms with Gasteiger partial charge in [-0.15, -0.1) is 11.8 Å². The molecule has 0 radical (unpaired) electrons. The molecule has 2 atom stereocenters. The van der Waals surface area contributed by atoms with E-state index < -0.39 is 29.2 Å². The number of methoxy groups -OCH3 is 1. The maximum absolute atomic E-state index is 13.2. The summed E-state index contributed by atoms with van der Waals surface area (Å²) in [6.45, 7) is -0.272. The standard InChI is InChI=1S/C31H26N4O7S/c1-40-31(39)26-18(17-43-30-25(29(38)35(26)30)33-24(36)16-41-19-9-3-2-4-10-19)15-42-23-14-8-6-12-21(23)27-32-22-13-7-5-11-20(22)28(37)34-27/h2-14,25,30H,15-17H2,1H3,(H,33,36)(H,32,34,37). The number of esters is 1. The Labute approximate surface area is 249 Å². The van der Waals surface area contributed by atoms with E-state index in [1.165, 1.54) is 23.8 Å². The number of para-hydroxylation sites is 3. The summed E-state index contributed by atoms with van der Waals surface area (Å²) in [5, 5.41) is 2.71. The molecule has 2 amide bonds. The lowest BCUT2D eigenvalue weighted by Crippen LogP contribution is -2.71. The molecule has 3 heterocycles. The number of amides is 2. The highest BCUT2D eigenvalue weighted by Crippen LogP contribution is 2.41. The molecule has 3 aromatic carbocycles. The number of hydrogen-bond acceptors (Lipinski definition) is 9. The molecule has 43 heavy (non-hydrogen) atoms. The molecule has 0 spiro atoms. The minimum absolute atomic E-state index is 0.0231. The van der Waals surface area contributed by atoms with Gasteiger partial charge in [-0.25, -0.2) is 9.78 Å². The fourth-order valence-corrected chi connectivity index (χ4v) is 6.25. The SMILES string of the molecule is COC(=O)C1=C(COc2ccccc2-c2nc3ccccc3c(=O)[nH]2)CSC2C(NC(=O)COc3ccccc3)C(=O)N12. The first kappa shape index (κ1) is 28.0. The van der Waals surface area contributed by atoms with Crippen LogP contribution in [0.5, 0.6) is 11.5 Å². The average Bonchev–Trinajstić information content (AvgIpc) is 3.05. The van der Waals surface area contributed by atoms with E-state index in [2.05, 4.69) is 15.3 Å². The third-order valence-corrected chi connectivity index (χ3v) is 8.35. The summed E-state index contributed by atoms with van der Waals surface area (Å²) < 4.78 is 16.6. The van der Waals surface area contributed by atoms with E-state index in [1.54, 1.807) is 72.8 Å². The van der Waals surface area contributed by atoms with Crippen LogP contribution in [0.2, 0.25) is 0 Å². The molecule has 2 aliphatic heterocycles. The fourth-order valence-electron chi connectivity index (χ4n) is 4.93. The summed E-state index contributed by atoms with van der Waals surface area (Å²) in [5.74, 6) is 0.118. The zero-order chi connectivity index (χ0) is 29.9. The van der Waals surface area contributed by atoms with E-state index in [0.29, 0.717) is 45.1 Å². The van der Waals surface area contributed by atoms with Gasteiger partial charge in [0, 0.05) is 11.3 Å². The molecule has 0 aliphatic carbocycles. The van der Waals surface area contributed by atoms with E-state index >= 15 is 0 Å². The summed E-state index contributed by atoms with van der Waals surface area (Å²) in [6, 6.07) is 22.2. The first-order valence-corrected chi connectivity index (χ1v) is 14.4. The van der Waals surface area contributed by atoms with Crippen LogP contribution < -0.4 is 20.3 Å². The number of β-lactam (4-membered cyclic amide) rings is 1. The van der Waals surface area contributed by atoms with Gasteiger partial charge in [0.1, 0.15) is 41.0 Å². The second kappa shape index (κ2) is 12.0. The van der Waals surface area contributed by atoms with Crippen LogP contribution in [0.3, 0.4) is 0 Å². The molecule has 12 heteroatoms. The van der Waals surface area contributed by atoms with Crippen molar-refractivity contribution in [3.05, 3.63) is 100 Å². The Morgan fingerprint density at radius 1 is 1.00 bits per heavy atom. The van der Waals surface area contributed by atoms with Gasteiger partial charge in [0.2, 0.25) is 0 Å². The first-order chi connectivity index (χ1) is 20.9. The topological polar surface area (TPSA) is 140 Å². The molecule has 2 unspecified atom stereocenters. The molecular formula is C31H26N4O7S. The van der Waals surface area contributed by atoms with Gasteiger partial charge in [0.05, 0.1) is 23.6 Å². The number of benzene rings is 3. The number of ether oxygens (including phenoxy) is 3. The molecule has 1 aromatic heterocycles. The van der Waals surface area contributed by atoms with E-state index in [0.717, 1.165) is 0 Å². The third kappa shape index (κ3) is 5.56. The zero-order valence-corrected chi connectivity index (χ0v) is 23.8. The highest BCUT2D eigenvalue weighted by Gasteiger charge is 2.54. The maximum Gasteiger partial charge on any atom is 0.354 e. The fraction of sp³-hybridized carbons (Fsp3) is 0.194. The van der Waals surface area contributed by atoms with Crippen molar-refractivity contribution in [1.82, 2.24) is 20.2 Å². The molecule has 11 nitrogen and oxygen atoms in total. The summed E-state index contributed by atoms with van der Waals surface area (Å²) >= 11 is 1.40. The van der Waals surface area contributed by atoms with Crippen molar-refractivity contribution in [3.8, 4) is 22.9 Å². The van der Waals surface area contributed by atoms with Crippen molar-refractivity contribution in [3.63, 3.8) is 0 Å². The summed E-state index contributed by atoms with van der Waals surface area (Å²) in [5.41, 5.74) is 1.48. The van der Waals surface area contributed by atoms with Crippen LogP contribution in [0.15, 0.2) is 94.9 Å². The number of hydrogen-bond donors (Lipinski definition) is 2. The lowest BCUT2D eigenvalue weighted by atomic mass is 10.0. The van der Waals surface area contributed by atoms with E-state index in [1.807, 2.05) is 6.07 Å². The van der Waals surface area contributed by atoms with Crippen LogP contribution in [-0.2, 0) is 19.1 Å². The molecule has 0 saturated carbocycles.